The van der Waals surface area contributed by atoms with Crippen LogP contribution < -0.4 is 4.74 Å². The third-order valence-electron chi connectivity index (χ3n) is 4.23. The summed E-state index contributed by atoms with van der Waals surface area (Å²) in [5, 5.41) is 9.88. The number of benzene rings is 2. The molecule has 1 N–H and O–H groups in total. The zero-order chi connectivity index (χ0) is 20.5. The van der Waals surface area contributed by atoms with Crippen molar-refractivity contribution in [2.75, 3.05) is 26.3 Å². The molecule has 0 aromatic heterocycles. The summed E-state index contributed by atoms with van der Waals surface area (Å²) in [6.45, 7) is 2.11. The molecule has 1 unspecified atom stereocenters. The van der Waals surface area contributed by atoms with Crippen LogP contribution >= 0.6 is 0 Å². The standard InChI is InChI=1S/C21H23NO7/c23-20(24)21(25)29-22-10-11-27-19(12-22)15-26-13-17-6-8-18(9-7-17)28-14-16-4-2-1-3-5-16/h1-9,19H,10-15H2,(H,23,24). The van der Waals surface area contributed by atoms with Crippen molar-refractivity contribution < 1.29 is 33.7 Å². The summed E-state index contributed by atoms with van der Waals surface area (Å²) in [6.07, 6.45) is -0.307. The van der Waals surface area contributed by atoms with Crippen LogP contribution in [0.15, 0.2) is 54.6 Å². The Morgan fingerprint density at radius 2 is 1.76 bits per heavy atom. The third-order valence-corrected chi connectivity index (χ3v) is 4.23. The molecule has 2 aromatic carbocycles. The van der Waals surface area contributed by atoms with Crippen molar-refractivity contribution in [1.82, 2.24) is 5.06 Å². The Morgan fingerprint density at radius 1 is 1.03 bits per heavy atom. The maximum absolute atomic E-state index is 11.1. The van der Waals surface area contributed by atoms with Crippen LogP contribution in [0.3, 0.4) is 0 Å². The van der Waals surface area contributed by atoms with E-state index in [-0.39, 0.29) is 12.6 Å². The highest BCUT2D eigenvalue weighted by Gasteiger charge is 2.26. The summed E-state index contributed by atoms with van der Waals surface area (Å²) in [4.78, 5) is 26.4. The molecule has 3 rings (SSSR count). The quantitative estimate of drug-likeness (QED) is 0.672. The second-order valence-electron chi connectivity index (χ2n) is 6.50. The van der Waals surface area contributed by atoms with E-state index in [1.54, 1.807) is 0 Å². The minimum atomic E-state index is -1.62. The van der Waals surface area contributed by atoms with Crippen molar-refractivity contribution in [1.29, 1.82) is 0 Å². The van der Waals surface area contributed by atoms with E-state index in [1.165, 1.54) is 5.06 Å². The number of nitrogens with zero attached hydrogens (tertiary/aromatic N) is 1. The van der Waals surface area contributed by atoms with Gasteiger partial charge in [0.05, 0.1) is 39.0 Å². The number of carbonyl (C=O) groups is 2. The Bertz CT molecular complexity index is 794. The van der Waals surface area contributed by atoms with Crippen LogP contribution in [0, 0.1) is 0 Å². The third kappa shape index (κ3) is 6.86. The van der Waals surface area contributed by atoms with E-state index in [0.717, 1.165) is 16.9 Å². The van der Waals surface area contributed by atoms with Gasteiger partial charge in [0.1, 0.15) is 12.4 Å². The lowest BCUT2D eigenvalue weighted by molar-refractivity contribution is -0.222. The first-order valence-corrected chi connectivity index (χ1v) is 9.25. The molecule has 1 fully saturated rings. The molecule has 1 saturated heterocycles. The van der Waals surface area contributed by atoms with Gasteiger partial charge in [-0.2, -0.15) is 0 Å². The van der Waals surface area contributed by atoms with Gasteiger partial charge in [-0.05, 0) is 23.3 Å². The molecule has 0 saturated carbocycles. The van der Waals surface area contributed by atoms with Crippen LogP contribution in [0.5, 0.6) is 5.75 Å². The van der Waals surface area contributed by atoms with E-state index in [4.69, 9.17) is 24.2 Å². The normalized spacial score (nSPS) is 16.9. The minimum Gasteiger partial charge on any atom is -0.489 e. The van der Waals surface area contributed by atoms with Crippen LogP contribution in [-0.4, -0.2) is 54.5 Å². The van der Waals surface area contributed by atoms with Crippen molar-refractivity contribution >= 4 is 11.9 Å². The largest absolute Gasteiger partial charge is 0.489 e. The fourth-order valence-corrected chi connectivity index (χ4v) is 2.76. The topological polar surface area (TPSA) is 94.5 Å². The predicted molar refractivity (Wildman–Crippen MR) is 102 cm³/mol. The summed E-state index contributed by atoms with van der Waals surface area (Å²) in [5.74, 6) is -2.15. The van der Waals surface area contributed by atoms with Crippen LogP contribution in [0.4, 0.5) is 0 Å². The lowest BCUT2D eigenvalue weighted by Gasteiger charge is -2.30. The van der Waals surface area contributed by atoms with Gasteiger partial charge in [0.25, 0.3) is 0 Å². The molecule has 0 spiro atoms. The average molecular weight is 401 g/mol. The van der Waals surface area contributed by atoms with Crippen LogP contribution in [0.2, 0.25) is 0 Å². The second kappa shape index (κ2) is 10.6. The Kier molecular flexibility index (Phi) is 7.57. The molecule has 0 bridgehead atoms. The second-order valence-corrected chi connectivity index (χ2v) is 6.50. The Balaban J connectivity index is 1.37. The fourth-order valence-electron chi connectivity index (χ4n) is 2.76. The lowest BCUT2D eigenvalue weighted by Crippen LogP contribution is -2.46. The number of carboxylic acid groups (broad SMARTS) is 1. The van der Waals surface area contributed by atoms with E-state index in [2.05, 4.69) is 0 Å². The zero-order valence-corrected chi connectivity index (χ0v) is 15.9. The summed E-state index contributed by atoms with van der Waals surface area (Å²) in [7, 11) is 0. The van der Waals surface area contributed by atoms with Crippen LogP contribution in [0.1, 0.15) is 11.1 Å². The molecule has 0 radical (unpaired) electrons. The molecule has 0 aliphatic carbocycles. The van der Waals surface area contributed by atoms with Gasteiger partial charge in [0.2, 0.25) is 0 Å². The summed E-state index contributed by atoms with van der Waals surface area (Å²) < 4.78 is 17.0. The highest BCUT2D eigenvalue weighted by Crippen LogP contribution is 2.15. The van der Waals surface area contributed by atoms with Gasteiger partial charge in [-0.15, -0.1) is 5.06 Å². The number of hydrogen-bond acceptors (Lipinski definition) is 7. The molecule has 29 heavy (non-hydrogen) atoms. The molecule has 1 aliphatic rings. The van der Waals surface area contributed by atoms with Crippen molar-refractivity contribution in [2.24, 2.45) is 0 Å². The number of hydroxylamine groups is 2. The number of carbonyl (C=O) groups excluding carboxylic acids is 1. The van der Waals surface area contributed by atoms with Crippen molar-refractivity contribution in [2.45, 2.75) is 19.3 Å². The molecule has 8 nitrogen and oxygen atoms in total. The van der Waals surface area contributed by atoms with Gasteiger partial charge in [-0.1, -0.05) is 42.5 Å². The highest BCUT2D eigenvalue weighted by atomic mass is 16.7. The highest BCUT2D eigenvalue weighted by molar-refractivity contribution is 6.28. The van der Waals surface area contributed by atoms with Crippen LogP contribution in [-0.2, 0) is 37.1 Å². The molecular weight excluding hydrogens is 378 g/mol. The summed E-state index contributed by atoms with van der Waals surface area (Å²) >= 11 is 0. The maximum Gasteiger partial charge on any atom is 0.436 e. The summed E-state index contributed by atoms with van der Waals surface area (Å²) in [5.41, 5.74) is 2.09. The average Bonchev–Trinajstić information content (AvgIpc) is 2.74. The smallest absolute Gasteiger partial charge is 0.436 e. The number of rotatable bonds is 8. The monoisotopic (exact) mass is 401 g/mol. The van der Waals surface area contributed by atoms with Gasteiger partial charge < -0.3 is 24.2 Å². The SMILES string of the molecule is O=C(O)C(=O)ON1CCOC(COCc2ccc(OCc3ccccc3)cc2)C1. The van der Waals surface area contributed by atoms with Crippen molar-refractivity contribution in [3.8, 4) is 5.75 Å². The predicted octanol–water partition coefficient (Wildman–Crippen LogP) is 2.03. The van der Waals surface area contributed by atoms with E-state index in [1.807, 2.05) is 54.6 Å². The fraction of sp³-hybridized carbons (Fsp3) is 0.333. The van der Waals surface area contributed by atoms with Gasteiger partial charge >= 0.3 is 11.9 Å². The van der Waals surface area contributed by atoms with Crippen molar-refractivity contribution in [3.63, 3.8) is 0 Å². The molecule has 8 heteroatoms. The van der Waals surface area contributed by atoms with E-state index < -0.39 is 11.9 Å². The molecule has 0 amide bonds. The molecule has 1 atom stereocenters. The number of ether oxygens (including phenoxy) is 3. The van der Waals surface area contributed by atoms with Gasteiger partial charge in [-0.3, -0.25) is 0 Å². The Morgan fingerprint density at radius 3 is 2.48 bits per heavy atom. The molecule has 2 aromatic rings. The maximum atomic E-state index is 11.1. The lowest BCUT2D eigenvalue weighted by atomic mass is 10.2. The number of hydrogen-bond donors (Lipinski definition) is 1. The van der Waals surface area contributed by atoms with E-state index in [0.29, 0.717) is 33.0 Å². The van der Waals surface area contributed by atoms with E-state index >= 15 is 0 Å². The van der Waals surface area contributed by atoms with E-state index in [9.17, 15) is 9.59 Å². The Labute approximate surface area is 168 Å². The molecular formula is C21H23NO7. The first kappa shape index (κ1) is 20.8. The van der Waals surface area contributed by atoms with Gasteiger partial charge in [0, 0.05) is 0 Å². The van der Waals surface area contributed by atoms with Gasteiger partial charge in [-0.25, -0.2) is 9.59 Å². The molecule has 1 aliphatic heterocycles. The van der Waals surface area contributed by atoms with Crippen molar-refractivity contribution in [3.05, 3.63) is 65.7 Å². The molecule has 1 heterocycles. The molecule has 154 valence electrons. The first-order chi connectivity index (χ1) is 14.1. The van der Waals surface area contributed by atoms with Crippen LogP contribution in [0.25, 0.3) is 0 Å². The number of carboxylic acids is 1. The zero-order valence-electron chi connectivity index (χ0n) is 15.9. The first-order valence-electron chi connectivity index (χ1n) is 9.25. The summed E-state index contributed by atoms with van der Waals surface area (Å²) in [6, 6.07) is 17.6. The van der Waals surface area contributed by atoms with Gasteiger partial charge in [0.15, 0.2) is 0 Å². The minimum absolute atomic E-state index is 0.255. The number of aliphatic carboxylic acids is 1. The number of morpholine rings is 1. The Hall–Kier alpha value is -2.94.